The van der Waals surface area contributed by atoms with Crippen molar-refractivity contribution in [2.45, 2.75) is 5.92 Å². The molecular formula is C3H6ClF2NO2. The van der Waals surface area contributed by atoms with Gasteiger partial charge in [0.05, 0.1) is 6.54 Å². The fraction of sp³-hybridized carbons (Fsp3) is 0.667. The summed E-state index contributed by atoms with van der Waals surface area (Å²) in [6.07, 6.45) is 0. The minimum atomic E-state index is -3.76. The van der Waals surface area contributed by atoms with Crippen molar-refractivity contribution in [1.29, 1.82) is 0 Å². The summed E-state index contributed by atoms with van der Waals surface area (Å²) in [6, 6.07) is 0. The molecule has 0 aliphatic carbocycles. The number of hydrogen-bond acceptors (Lipinski definition) is 2. The van der Waals surface area contributed by atoms with Crippen molar-refractivity contribution in [2.24, 2.45) is 5.73 Å². The Labute approximate surface area is 56.2 Å². The lowest BCUT2D eigenvalue weighted by Crippen LogP contribution is -2.36. The standard InChI is InChI=1S/C3H5F2NO2.ClH/c4-3(5,1-6)2(7)8;/h1,6H2,(H,7,8);1H. The molecule has 0 unspecified atom stereocenters. The maximum absolute atomic E-state index is 11.6. The molecule has 0 radical (unpaired) electrons. The third-order valence-corrected chi connectivity index (χ3v) is 0.569. The number of aliphatic carboxylic acids is 1. The van der Waals surface area contributed by atoms with Crippen LogP contribution in [0.4, 0.5) is 8.78 Å². The van der Waals surface area contributed by atoms with Gasteiger partial charge in [-0.3, -0.25) is 0 Å². The van der Waals surface area contributed by atoms with Gasteiger partial charge in [0.25, 0.3) is 0 Å². The Morgan fingerprint density at radius 1 is 1.67 bits per heavy atom. The maximum Gasteiger partial charge on any atom is 0.375 e. The van der Waals surface area contributed by atoms with Crippen molar-refractivity contribution in [3.05, 3.63) is 0 Å². The van der Waals surface area contributed by atoms with Gasteiger partial charge in [0.15, 0.2) is 0 Å². The summed E-state index contributed by atoms with van der Waals surface area (Å²) in [5.74, 6) is -5.94. The van der Waals surface area contributed by atoms with E-state index in [9.17, 15) is 13.6 Å². The van der Waals surface area contributed by atoms with Gasteiger partial charge in [-0.2, -0.15) is 8.78 Å². The monoisotopic (exact) mass is 161 g/mol. The predicted octanol–water partition coefficient (Wildman–Crippen LogP) is 0.0868. The van der Waals surface area contributed by atoms with Crippen LogP contribution in [0.25, 0.3) is 0 Å². The molecule has 0 aromatic rings. The number of hydrogen-bond donors (Lipinski definition) is 2. The van der Waals surface area contributed by atoms with Crippen LogP contribution < -0.4 is 5.73 Å². The van der Waals surface area contributed by atoms with Crippen molar-refractivity contribution in [3.63, 3.8) is 0 Å². The summed E-state index contributed by atoms with van der Waals surface area (Å²) >= 11 is 0. The highest BCUT2D eigenvalue weighted by atomic mass is 35.5. The molecule has 6 heteroatoms. The zero-order chi connectivity index (χ0) is 6.78. The summed E-state index contributed by atoms with van der Waals surface area (Å²) in [6.45, 7) is -1.15. The Balaban J connectivity index is 0. The second kappa shape index (κ2) is 3.58. The van der Waals surface area contributed by atoms with Gasteiger partial charge in [0.1, 0.15) is 0 Å². The van der Waals surface area contributed by atoms with E-state index in [4.69, 9.17) is 5.11 Å². The molecule has 0 aromatic heterocycles. The lowest BCUT2D eigenvalue weighted by Gasteiger charge is -2.04. The average molecular weight is 162 g/mol. The zero-order valence-electron chi connectivity index (χ0n) is 4.30. The Hall–Kier alpha value is -0.420. The van der Waals surface area contributed by atoms with Crippen molar-refractivity contribution < 1.29 is 18.7 Å². The first-order valence-electron chi connectivity index (χ1n) is 1.82. The van der Waals surface area contributed by atoms with Gasteiger partial charge in [-0.1, -0.05) is 0 Å². The van der Waals surface area contributed by atoms with Gasteiger partial charge >= 0.3 is 11.9 Å². The molecule has 0 fully saturated rings. The van der Waals surface area contributed by atoms with Crippen LogP contribution in [0.3, 0.4) is 0 Å². The van der Waals surface area contributed by atoms with Gasteiger partial charge in [0, 0.05) is 0 Å². The highest BCUT2D eigenvalue weighted by Gasteiger charge is 2.36. The number of nitrogens with two attached hydrogens (primary N) is 1. The Morgan fingerprint density at radius 2 is 2.00 bits per heavy atom. The minimum Gasteiger partial charge on any atom is -0.477 e. The van der Waals surface area contributed by atoms with Crippen LogP contribution in [0.2, 0.25) is 0 Å². The summed E-state index contributed by atoms with van der Waals surface area (Å²) in [5, 5.41) is 7.61. The van der Waals surface area contributed by atoms with E-state index in [0.29, 0.717) is 0 Å². The van der Waals surface area contributed by atoms with Crippen LogP contribution in [0.1, 0.15) is 0 Å². The Kier molecular flexibility index (Phi) is 4.52. The normalized spacial score (nSPS) is 10.1. The Morgan fingerprint density at radius 3 is 2.00 bits per heavy atom. The molecule has 0 amide bonds. The molecule has 0 aliphatic heterocycles. The number of carbonyl (C=O) groups is 1. The van der Waals surface area contributed by atoms with E-state index in [1.807, 2.05) is 0 Å². The number of carboxylic acids is 1. The predicted molar refractivity (Wildman–Crippen MR) is 28.9 cm³/mol. The summed E-state index contributed by atoms with van der Waals surface area (Å²) < 4.78 is 23.1. The van der Waals surface area contributed by atoms with Gasteiger partial charge in [-0.15, -0.1) is 12.4 Å². The number of alkyl halides is 2. The first kappa shape index (κ1) is 11.4. The first-order valence-corrected chi connectivity index (χ1v) is 1.82. The molecule has 3 N–H and O–H groups in total. The molecule has 0 saturated carbocycles. The fourth-order valence-electron chi connectivity index (χ4n) is 0.0873. The minimum absolute atomic E-state index is 0. The maximum atomic E-state index is 11.6. The molecule has 0 aromatic carbocycles. The molecule has 56 valence electrons. The topological polar surface area (TPSA) is 63.3 Å². The van der Waals surface area contributed by atoms with Gasteiger partial charge in [0.2, 0.25) is 0 Å². The second-order valence-corrected chi connectivity index (χ2v) is 1.21. The first-order chi connectivity index (χ1) is 3.50. The van der Waals surface area contributed by atoms with Crippen molar-refractivity contribution in [3.8, 4) is 0 Å². The molecule has 0 bridgehead atoms. The van der Waals surface area contributed by atoms with Crippen LogP contribution in [-0.2, 0) is 4.79 Å². The van der Waals surface area contributed by atoms with Crippen LogP contribution in [-0.4, -0.2) is 23.5 Å². The largest absolute Gasteiger partial charge is 0.477 e. The second-order valence-electron chi connectivity index (χ2n) is 1.21. The summed E-state index contributed by atoms with van der Waals surface area (Å²) in [5.41, 5.74) is 4.38. The van der Waals surface area contributed by atoms with Crippen LogP contribution in [0, 0.1) is 0 Å². The number of rotatable bonds is 2. The van der Waals surface area contributed by atoms with E-state index in [1.54, 1.807) is 0 Å². The van der Waals surface area contributed by atoms with E-state index in [1.165, 1.54) is 0 Å². The lowest BCUT2D eigenvalue weighted by atomic mass is 10.3. The SMILES string of the molecule is Cl.NCC(F)(F)C(=O)O. The quantitative estimate of drug-likeness (QED) is 0.603. The third kappa shape index (κ3) is 3.21. The molecule has 0 heterocycles. The molecule has 0 saturated heterocycles. The van der Waals surface area contributed by atoms with E-state index in [-0.39, 0.29) is 12.4 Å². The number of halogens is 3. The van der Waals surface area contributed by atoms with Gasteiger partial charge in [-0.05, 0) is 0 Å². The van der Waals surface area contributed by atoms with Crippen molar-refractivity contribution in [2.75, 3.05) is 6.54 Å². The molecule has 0 spiro atoms. The van der Waals surface area contributed by atoms with E-state index in [0.717, 1.165) is 0 Å². The third-order valence-electron chi connectivity index (χ3n) is 0.569. The summed E-state index contributed by atoms with van der Waals surface area (Å²) in [4.78, 5) is 9.42. The van der Waals surface area contributed by atoms with E-state index < -0.39 is 18.4 Å². The fourth-order valence-corrected chi connectivity index (χ4v) is 0.0873. The van der Waals surface area contributed by atoms with Crippen molar-refractivity contribution >= 4 is 18.4 Å². The van der Waals surface area contributed by atoms with E-state index >= 15 is 0 Å². The van der Waals surface area contributed by atoms with E-state index in [2.05, 4.69) is 5.73 Å². The zero-order valence-corrected chi connectivity index (χ0v) is 5.12. The molecule has 0 aliphatic rings. The molecule has 0 rings (SSSR count). The highest BCUT2D eigenvalue weighted by Crippen LogP contribution is 2.09. The molecule has 3 nitrogen and oxygen atoms in total. The van der Waals surface area contributed by atoms with Crippen molar-refractivity contribution in [1.82, 2.24) is 0 Å². The smallest absolute Gasteiger partial charge is 0.375 e. The van der Waals surface area contributed by atoms with Crippen LogP contribution in [0.5, 0.6) is 0 Å². The lowest BCUT2D eigenvalue weighted by molar-refractivity contribution is -0.163. The van der Waals surface area contributed by atoms with Crippen LogP contribution in [0.15, 0.2) is 0 Å². The Bertz CT molecular complexity index is 108. The molecule has 0 atom stereocenters. The molecular weight excluding hydrogens is 155 g/mol. The van der Waals surface area contributed by atoms with Crippen LogP contribution >= 0.6 is 12.4 Å². The number of carboxylic acid groups (broad SMARTS) is 1. The van der Waals surface area contributed by atoms with Gasteiger partial charge in [-0.25, -0.2) is 4.79 Å². The average Bonchev–Trinajstić information content (AvgIpc) is 1.67. The van der Waals surface area contributed by atoms with Gasteiger partial charge < -0.3 is 10.8 Å². The highest BCUT2D eigenvalue weighted by molar-refractivity contribution is 5.85. The molecule has 9 heavy (non-hydrogen) atoms. The summed E-state index contributed by atoms with van der Waals surface area (Å²) in [7, 11) is 0.